The van der Waals surface area contributed by atoms with Gasteiger partial charge in [0.25, 0.3) is 0 Å². The average molecular weight is 252 g/mol. The van der Waals surface area contributed by atoms with Gasteiger partial charge in [0, 0.05) is 19.1 Å². The van der Waals surface area contributed by atoms with E-state index in [0.29, 0.717) is 11.8 Å². The summed E-state index contributed by atoms with van der Waals surface area (Å²) in [5.74, 6) is 0.0345. The average Bonchev–Trinajstić information content (AvgIpc) is 2.90. The Morgan fingerprint density at radius 1 is 1.50 bits per heavy atom. The Kier molecular flexibility index (Phi) is 4.55. The molecule has 1 aliphatic heterocycles. The van der Waals surface area contributed by atoms with Gasteiger partial charge in [0.2, 0.25) is 0 Å². The minimum Gasteiger partial charge on any atom is -0.494 e. The Balaban J connectivity index is 1.87. The molecule has 1 heterocycles. The number of benzene rings is 1. The highest BCUT2D eigenvalue weighted by Crippen LogP contribution is 2.18. The number of methoxy groups -OCH3 is 1. The van der Waals surface area contributed by atoms with Crippen molar-refractivity contribution in [2.45, 2.75) is 18.9 Å². The van der Waals surface area contributed by atoms with Gasteiger partial charge in [0.1, 0.15) is 0 Å². The maximum atomic E-state index is 13.5. The van der Waals surface area contributed by atoms with Crippen molar-refractivity contribution < 1.29 is 9.13 Å². The van der Waals surface area contributed by atoms with Gasteiger partial charge >= 0.3 is 0 Å². The molecule has 0 saturated carbocycles. The van der Waals surface area contributed by atoms with E-state index >= 15 is 0 Å². The van der Waals surface area contributed by atoms with Crippen LogP contribution in [0.25, 0.3) is 0 Å². The Labute approximate surface area is 108 Å². The Bertz CT molecular complexity index is 391. The van der Waals surface area contributed by atoms with Gasteiger partial charge < -0.3 is 15.0 Å². The van der Waals surface area contributed by atoms with Crippen molar-refractivity contribution in [1.29, 1.82) is 0 Å². The first-order valence-electron chi connectivity index (χ1n) is 6.44. The van der Waals surface area contributed by atoms with Crippen molar-refractivity contribution in [3.63, 3.8) is 0 Å². The van der Waals surface area contributed by atoms with Crippen LogP contribution in [-0.4, -0.2) is 44.7 Å². The number of hydrogen-bond donors (Lipinski definition) is 1. The lowest BCUT2D eigenvalue weighted by atomic mass is 10.1. The van der Waals surface area contributed by atoms with Crippen LogP contribution in [0.5, 0.6) is 5.75 Å². The number of rotatable bonds is 5. The van der Waals surface area contributed by atoms with Gasteiger partial charge in [-0.25, -0.2) is 4.39 Å². The third-order valence-corrected chi connectivity index (χ3v) is 3.63. The zero-order chi connectivity index (χ0) is 13.0. The topological polar surface area (TPSA) is 24.5 Å². The first-order chi connectivity index (χ1) is 8.70. The highest BCUT2D eigenvalue weighted by atomic mass is 19.1. The van der Waals surface area contributed by atoms with E-state index in [0.717, 1.165) is 31.6 Å². The summed E-state index contributed by atoms with van der Waals surface area (Å²) in [5, 5.41) is 3.36. The van der Waals surface area contributed by atoms with E-state index in [1.807, 2.05) is 6.07 Å². The van der Waals surface area contributed by atoms with Crippen LogP contribution in [0.15, 0.2) is 18.2 Å². The summed E-state index contributed by atoms with van der Waals surface area (Å²) in [6.45, 7) is 3.12. The van der Waals surface area contributed by atoms with Crippen LogP contribution in [0, 0.1) is 5.82 Å². The minimum atomic E-state index is -0.278. The number of nitrogens with zero attached hydrogens (tertiary/aromatic N) is 1. The van der Waals surface area contributed by atoms with Crippen LogP contribution in [0.3, 0.4) is 0 Å². The smallest absolute Gasteiger partial charge is 0.165 e. The normalized spacial score (nSPS) is 19.4. The minimum absolute atomic E-state index is 0.278. The molecule has 0 radical (unpaired) electrons. The lowest BCUT2D eigenvalue weighted by Crippen LogP contribution is -2.34. The Hall–Kier alpha value is -1.13. The van der Waals surface area contributed by atoms with E-state index in [9.17, 15) is 4.39 Å². The molecule has 0 aromatic heterocycles. The van der Waals surface area contributed by atoms with Crippen LogP contribution < -0.4 is 10.1 Å². The molecule has 2 rings (SSSR count). The Morgan fingerprint density at radius 2 is 2.33 bits per heavy atom. The van der Waals surface area contributed by atoms with Crippen molar-refractivity contribution in [1.82, 2.24) is 10.2 Å². The summed E-state index contributed by atoms with van der Waals surface area (Å²) in [5.41, 5.74) is 1.02. The molecule has 4 heteroatoms. The van der Waals surface area contributed by atoms with Gasteiger partial charge in [-0.15, -0.1) is 0 Å². The van der Waals surface area contributed by atoms with Crippen LogP contribution in [0.1, 0.15) is 12.0 Å². The molecule has 3 nitrogen and oxygen atoms in total. The molecule has 1 aliphatic rings. The van der Waals surface area contributed by atoms with Crippen molar-refractivity contribution >= 4 is 0 Å². The van der Waals surface area contributed by atoms with Crippen LogP contribution in [0.2, 0.25) is 0 Å². The van der Waals surface area contributed by atoms with E-state index < -0.39 is 0 Å². The SMILES string of the molecule is COc1ccc(CCN(C)C2CCNC2)cc1F. The second-order valence-electron chi connectivity index (χ2n) is 4.85. The number of hydrogen-bond acceptors (Lipinski definition) is 3. The summed E-state index contributed by atoms with van der Waals surface area (Å²) in [6, 6.07) is 5.82. The summed E-state index contributed by atoms with van der Waals surface area (Å²) in [4.78, 5) is 2.35. The molecule has 0 amide bonds. The van der Waals surface area contributed by atoms with E-state index in [2.05, 4.69) is 17.3 Å². The third-order valence-electron chi connectivity index (χ3n) is 3.63. The molecule has 100 valence electrons. The van der Waals surface area contributed by atoms with Gasteiger partial charge in [0.05, 0.1) is 7.11 Å². The van der Waals surface area contributed by atoms with Gasteiger partial charge in [-0.05, 0) is 44.1 Å². The van der Waals surface area contributed by atoms with Gasteiger partial charge in [-0.2, -0.15) is 0 Å². The predicted molar refractivity (Wildman–Crippen MR) is 70.6 cm³/mol. The molecule has 1 N–H and O–H groups in total. The maximum Gasteiger partial charge on any atom is 0.165 e. The summed E-state index contributed by atoms with van der Waals surface area (Å²) in [7, 11) is 3.62. The molecule has 1 atom stereocenters. The fraction of sp³-hybridized carbons (Fsp3) is 0.571. The fourth-order valence-electron chi connectivity index (χ4n) is 2.37. The summed E-state index contributed by atoms with van der Waals surface area (Å²) < 4.78 is 18.4. The lowest BCUT2D eigenvalue weighted by molar-refractivity contribution is 0.260. The predicted octanol–water partition coefficient (Wildman–Crippen LogP) is 1.67. The second-order valence-corrected chi connectivity index (χ2v) is 4.85. The summed E-state index contributed by atoms with van der Waals surface area (Å²) >= 11 is 0. The standard InChI is InChI=1S/C14H21FN2O/c1-17(12-5-7-16-10-12)8-6-11-3-4-14(18-2)13(15)9-11/h3-4,9,12,16H,5-8,10H2,1-2H3. The molecule has 1 aromatic carbocycles. The monoisotopic (exact) mass is 252 g/mol. The maximum absolute atomic E-state index is 13.5. The Morgan fingerprint density at radius 3 is 2.94 bits per heavy atom. The first-order valence-corrected chi connectivity index (χ1v) is 6.44. The van der Waals surface area contributed by atoms with Gasteiger partial charge in [-0.3, -0.25) is 0 Å². The molecule has 0 aliphatic carbocycles. The van der Waals surface area contributed by atoms with Crippen molar-refractivity contribution in [2.75, 3.05) is 33.8 Å². The quantitative estimate of drug-likeness (QED) is 0.862. The van der Waals surface area contributed by atoms with Crippen molar-refractivity contribution in [3.8, 4) is 5.75 Å². The molecule has 0 bridgehead atoms. The van der Waals surface area contributed by atoms with E-state index in [1.165, 1.54) is 13.5 Å². The highest BCUT2D eigenvalue weighted by molar-refractivity contribution is 5.29. The third kappa shape index (κ3) is 3.21. The number of likely N-dealkylation sites (N-methyl/N-ethyl adjacent to an activating group) is 1. The molecule has 1 aromatic rings. The zero-order valence-electron chi connectivity index (χ0n) is 11.1. The molecule has 1 saturated heterocycles. The van der Waals surface area contributed by atoms with Gasteiger partial charge in [-0.1, -0.05) is 6.07 Å². The molecule has 1 unspecified atom stereocenters. The summed E-state index contributed by atoms with van der Waals surface area (Å²) in [6.07, 6.45) is 2.07. The fourth-order valence-corrected chi connectivity index (χ4v) is 2.37. The molecule has 1 fully saturated rings. The largest absolute Gasteiger partial charge is 0.494 e. The van der Waals surface area contributed by atoms with Crippen molar-refractivity contribution in [3.05, 3.63) is 29.6 Å². The molecular formula is C14H21FN2O. The van der Waals surface area contributed by atoms with Crippen LogP contribution in [0.4, 0.5) is 4.39 Å². The molecular weight excluding hydrogens is 231 g/mol. The zero-order valence-corrected chi connectivity index (χ0v) is 11.1. The number of halogens is 1. The first kappa shape index (κ1) is 13.3. The van der Waals surface area contributed by atoms with Crippen LogP contribution in [-0.2, 0) is 6.42 Å². The second kappa shape index (κ2) is 6.16. The van der Waals surface area contributed by atoms with Crippen molar-refractivity contribution in [2.24, 2.45) is 0 Å². The van der Waals surface area contributed by atoms with Gasteiger partial charge in [0.15, 0.2) is 11.6 Å². The van der Waals surface area contributed by atoms with E-state index in [1.54, 1.807) is 12.1 Å². The van der Waals surface area contributed by atoms with E-state index in [-0.39, 0.29) is 5.82 Å². The number of nitrogens with one attached hydrogen (secondary N) is 1. The lowest BCUT2D eigenvalue weighted by Gasteiger charge is -2.23. The van der Waals surface area contributed by atoms with E-state index in [4.69, 9.17) is 4.74 Å². The molecule has 0 spiro atoms. The number of ether oxygens (including phenoxy) is 1. The van der Waals surface area contributed by atoms with Crippen LogP contribution >= 0.6 is 0 Å². The highest BCUT2D eigenvalue weighted by Gasteiger charge is 2.18. The molecule has 18 heavy (non-hydrogen) atoms.